The van der Waals surface area contributed by atoms with Crippen LogP contribution in [0.4, 0.5) is 0 Å². The third-order valence-corrected chi connectivity index (χ3v) is 2.22. The van der Waals surface area contributed by atoms with Crippen LogP contribution in [0.25, 0.3) is 0 Å². The molecule has 1 nitrogen and oxygen atoms in total. The zero-order chi connectivity index (χ0) is 9.23. The fraction of sp³-hybridized carbons (Fsp3) is 0.909. The molecular weight excluding hydrogens is 148 g/mol. The number of hydrogen-bond acceptors (Lipinski definition) is 1. The summed E-state index contributed by atoms with van der Waals surface area (Å²) in [6.07, 6.45) is 9.24. The Balaban J connectivity index is 2.90. The highest BCUT2D eigenvalue weighted by molar-refractivity contribution is 4.56. The molecule has 0 aliphatic carbocycles. The van der Waals surface area contributed by atoms with Crippen LogP contribution in [0.2, 0.25) is 0 Å². The quantitative estimate of drug-likeness (QED) is 0.555. The molecule has 1 atom stereocenters. The van der Waals surface area contributed by atoms with E-state index in [4.69, 9.17) is 0 Å². The van der Waals surface area contributed by atoms with Crippen molar-refractivity contribution >= 4 is 0 Å². The van der Waals surface area contributed by atoms with Gasteiger partial charge in [0.25, 0.3) is 0 Å². The lowest BCUT2D eigenvalue weighted by Gasteiger charge is -2.06. The second-order valence-corrected chi connectivity index (χ2v) is 3.50. The fourth-order valence-electron chi connectivity index (χ4n) is 1.30. The predicted octanol–water partition coefficient (Wildman–Crippen LogP) is 3.32. The van der Waals surface area contributed by atoms with E-state index in [1.54, 1.807) is 0 Å². The van der Waals surface area contributed by atoms with Gasteiger partial charge in [0, 0.05) is 0 Å². The fourth-order valence-corrected chi connectivity index (χ4v) is 1.30. The van der Waals surface area contributed by atoms with Crippen LogP contribution in [-0.4, -0.2) is 11.2 Å². The van der Waals surface area contributed by atoms with E-state index in [0.717, 1.165) is 6.42 Å². The van der Waals surface area contributed by atoms with Crippen LogP contribution in [0, 0.1) is 6.92 Å². The molecule has 1 radical (unpaired) electrons. The molecule has 0 aliphatic heterocycles. The maximum Gasteiger partial charge on any atom is 0.0540 e. The maximum atomic E-state index is 9.20. The molecule has 0 aromatic carbocycles. The summed E-state index contributed by atoms with van der Waals surface area (Å²) >= 11 is 0. The van der Waals surface area contributed by atoms with Gasteiger partial charge in [0.15, 0.2) is 0 Å². The highest BCUT2D eigenvalue weighted by Crippen LogP contribution is 2.09. The minimum Gasteiger partial charge on any atom is -0.393 e. The van der Waals surface area contributed by atoms with Gasteiger partial charge in [-0.25, -0.2) is 0 Å². The average Bonchev–Trinajstić information content (AvgIpc) is 2.10. The lowest BCUT2D eigenvalue weighted by molar-refractivity contribution is 0.163. The number of aliphatic hydroxyl groups excluding tert-OH is 1. The number of aliphatic hydroxyl groups is 1. The molecular formula is C11H23O. The average molecular weight is 171 g/mol. The van der Waals surface area contributed by atoms with Crippen LogP contribution in [0.1, 0.15) is 58.3 Å². The van der Waals surface area contributed by atoms with Gasteiger partial charge in [-0.1, -0.05) is 52.4 Å². The first-order valence-electron chi connectivity index (χ1n) is 5.28. The van der Waals surface area contributed by atoms with Crippen LogP contribution < -0.4 is 0 Å². The first-order valence-corrected chi connectivity index (χ1v) is 5.28. The molecule has 0 amide bonds. The monoisotopic (exact) mass is 171 g/mol. The van der Waals surface area contributed by atoms with Crippen LogP contribution in [-0.2, 0) is 0 Å². The molecule has 73 valence electrons. The van der Waals surface area contributed by atoms with E-state index in [2.05, 4.69) is 13.8 Å². The minimum atomic E-state index is -0.156. The standard InChI is InChI=1S/C11H23O/c1-3-5-6-7-8-9-10-11(12)4-2/h11-12H,2-10H2,1H3. The van der Waals surface area contributed by atoms with Gasteiger partial charge in [-0.05, 0) is 12.8 Å². The predicted molar refractivity (Wildman–Crippen MR) is 54.0 cm³/mol. The first kappa shape index (κ1) is 12.0. The van der Waals surface area contributed by atoms with Gasteiger partial charge in [-0.2, -0.15) is 0 Å². The van der Waals surface area contributed by atoms with Crippen molar-refractivity contribution in [3.05, 3.63) is 6.92 Å². The largest absolute Gasteiger partial charge is 0.393 e. The Morgan fingerprint density at radius 2 is 1.67 bits per heavy atom. The lowest BCUT2D eigenvalue weighted by atomic mass is 10.1. The molecule has 0 aromatic rings. The first-order chi connectivity index (χ1) is 5.81. The second kappa shape index (κ2) is 9.05. The molecule has 0 aromatic heterocycles. The molecule has 0 heterocycles. The van der Waals surface area contributed by atoms with Gasteiger partial charge in [-0.3, -0.25) is 0 Å². The van der Waals surface area contributed by atoms with Gasteiger partial charge in [-0.15, -0.1) is 0 Å². The Morgan fingerprint density at radius 3 is 2.25 bits per heavy atom. The Bertz CT molecular complexity index is 81.1. The van der Waals surface area contributed by atoms with Crippen LogP contribution in [0.15, 0.2) is 0 Å². The Hall–Kier alpha value is -0.0400. The molecule has 0 spiro atoms. The van der Waals surface area contributed by atoms with E-state index in [1.165, 1.54) is 38.5 Å². The molecule has 0 bridgehead atoms. The summed E-state index contributed by atoms with van der Waals surface area (Å²) in [6.45, 7) is 5.89. The van der Waals surface area contributed by atoms with Gasteiger partial charge in [0.2, 0.25) is 0 Å². The van der Waals surface area contributed by atoms with E-state index >= 15 is 0 Å². The van der Waals surface area contributed by atoms with Crippen molar-refractivity contribution in [1.29, 1.82) is 0 Å². The molecule has 1 unspecified atom stereocenters. The van der Waals surface area contributed by atoms with Gasteiger partial charge in [0.05, 0.1) is 6.10 Å². The summed E-state index contributed by atoms with van der Waals surface area (Å²) in [5, 5.41) is 9.20. The van der Waals surface area contributed by atoms with Gasteiger partial charge < -0.3 is 5.11 Å². The van der Waals surface area contributed by atoms with Crippen molar-refractivity contribution in [2.24, 2.45) is 0 Å². The van der Waals surface area contributed by atoms with Crippen LogP contribution >= 0.6 is 0 Å². The Kier molecular flexibility index (Phi) is 9.02. The molecule has 1 N–H and O–H groups in total. The summed E-state index contributed by atoms with van der Waals surface area (Å²) in [6, 6.07) is 0. The van der Waals surface area contributed by atoms with E-state index in [1.807, 2.05) is 0 Å². The number of unbranched alkanes of at least 4 members (excludes halogenated alkanes) is 5. The van der Waals surface area contributed by atoms with Crippen molar-refractivity contribution in [1.82, 2.24) is 0 Å². The van der Waals surface area contributed by atoms with Crippen molar-refractivity contribution in [2.75, 3.05) is 0 Å². The number of rotatable bonds is 8. The summed E-state index contributed by atoms with van der Waals surface area (Å²) in [4.78, 5) is 0. The van der Waals surface area contributed by atoms with Gasteiger partial charge in [0.1, 0.15) is 0 Å². The molecule has 0 aliphatic rings. The van der Waals surface area contributed by atoms with E-state index in [9.17, 15) is 5.11 Å². The van der Waals surface area contributed by atoms with Crippen molar-refractivity contribution < 1.29 is 5.11 Å². The van der Waals surface area contributed by atoms with Crippen molar-refractivity contribution in [3.63, 3.8) is 0 Å². The lowest BCUT2D eigenvalue weighted by Crippen LogP contribution is -2.03. The summed E-state index contributed by atoms with van der Waals surface area (Å²) in [5.74, 6) is 0. The summed E-state index contributed by atoms with van der Waals surface area (Å²) in [5.41, 5.74) is 0. The number of hydrogen-bond donors (Lipinski definition) is 1. The Morgan fingerprint density at radius 1 is 1.08 bits per heavy atom. The molecule has 12 heavy (non-hydrogen) atoms. The highest BCUT2D eigenvalue weighted by Gasteiger charge is 1.98. The van der Waals surface area contributed by atoms with Gasteiger partial charge >= 0.3 is 0 Å². The normalized spacial score (nSPS) is 13.2. The molecule has 0 saturated heterocycles. The highest BCUT2D eigenvalue weighted by atomic mass is 16.3. The van der Waals surface area contributed by atoms with E-state index in [0.29, 0.717) is 6.42 Å². The second-order valence-electron chi connectivity index (χ2n) is 3.50. The summed E-state index contributed by atoms with van der Waals surface area (Å²) in [7, 11) is 0. The summed E-state index contributed by atoms with van der Waals surface area (Å²) < 4.78 is 0. The minimum absolute atomic E-state index is 0.156. The van der Waals surface area contributed by atoms with Crippen molar-refractivity contribution in [2.45, 2.75) is 64.4 Å². The van der Waals surface area contributed by atoms with Crippen molar-refractivity contribution in [3.8, 4) is 0 Å². The van der Waals surface area contributed by atoms with Crippen LogP contribution in [0.3, 0.4) is 0 Å². The Labute approximate surface area is 77.2 Å². The van der Waals surface area contributed by atoms with E-state index in [-0.39, 0.29) is 6.10 Å². The van der Waals surface area contributed by atoms with E-state index < -0.39 is 0 Å². The topological polar surface area (TPSA) is 20.2 Å². The van der Waals surface area contributed by atoms with Crippen LogP contribution in [0.5, 0.6) is 0 Å². The third-order valence-electron chi connectivity index (χ3n) is 2.22. The third kappa shape index (κ3) is 8.06. The molecule has 0 rings (SSSR count). The smallest absolute Gasteiger partial charge is 0.0540 e. The maximum absolute atomic E-state index is 9.20. The SMILES string of the molecule is [CH2]CC(O)CCCCCCCC. The zero-order valence-electron chi connectivity index (χ0n) is 8.39. The molecule has 1 heteroatoms. The zero-order valence-corrected chi connectivity index (χ0v) is 8.39. The molecule has 0 saturated carbocycles. The molecule has 0 fully saturated rings.